The van der Waals surface area contributed by atoms with Crippen molar-refractivity contribution in [3.05, 3.63) is 66.0 Å². The molecule has 0 radical (unpaired) electrons. The Morgan fingerprint density at radius 3 is 2.55 bits per heavy atom. The van der Waals surface area contributed by atoms with E-state index in [0.29, 0.717) is 6.04 Å². The van der Waals surface area contributed by atoms with Crippen LogP contribution in [-0.4, -0.2) is 11.5 Å². The molecule has 0 aliphatic rings. The smallest absolute Gasteiger partial charge is 0.0573 e. The first kappa shape index (κ1) is 14.7. The molecule has 1 unspecified atom stereocenters. The van der Waals surface area contributed by atoms with E-state index in [0.717, 1.165) is 31.5 Å². The molecule has 2 aromatic rings. The lowest BCUT2D eigenvalue weighted by molar-refractivity contribution is 0.474. The number of pyridine rings is 1. The van der Waals surface area contributed by atoms with Gasteiger partial charge in [-0.05, 0) is 49.9 Å². The molecule has 1 aromatic carbocycles. The minimum absolute atomic E-state index is 0.375. The molecule has 1 N–H and O–H groups in total. The fraction of sp³-hybridized carbons (Fsp3) is 0.389. The maximum absolute atomic E-state index is 4.50. The topological polar surface area (TPSA) is 24.9 Å². The first-order valence-corrected chi connectivity index (χ1v) is 7.58. The Morgan fingerprint density at radius 2 is 1.85 bits per heavy atom. The lowest BCUT2D eigenvalue weighted by Crippen LogP contribution is -2.23. The molecule has 2 nitrogen and oxygen atoms in total. The fourth-order valence-electron chi connectivity index (χ4n) is 2.41. The van der Waals surface area contributed by atoms with Gasteiger partial charge in [-0.15, -0.1) is 0 Å². The summed E-state index contributed by atoms with van der Waals surface area (Å²) in [6.07, 6.45) is 6.49. The summed E-state index contributed by atoms with van der Waals surface area (Å²) in [7, 11) is 0. The van der Waals surface area contributed by atoms with E-state index in [9.17, 15) is 0 Å². The van der Waals surface area contributed by atoms with E-state index in [1.165, 1.54) is 12.0 Å². The average Bonchev–Trinajstić information content (AvgIpc) is 2.52. The molecule has 0 fully saturated rings. The number of aryl methyl sites for hydroxylation is 1. The Kier molecular flexibility index (Phi) is 6.25. The Bertz CT molecular complexity index is 467. The third kappa shape index (κ3) is 4.78. The van der Waals surface area contributed by atoms with Crippen LogP contribution in [0, 0.1) is 0 Å². The first-order valence-electron chi connectivity index (χ1n) is 7.58. The molecular weight excluding hydrogens is 244 g/mol. The maximum Gasteiger partial charge on any atom is 0.0573 e. The van der Waals surface area contributed by atoms with Gasteiger partial charge in [-0.1, -0.05) is 43.3 Å². The van der Waals surface area contributed by atoms with Crippen LogP contribution in [0.4, 0.5) is 0 Å². The van der Waals surface area contributed by atoms with E-state index < -0.39 is 0 Å². The number of rotatable bonds is 8. The fourth-order valence-corrected chi connectivity index (χ4v) is 2.41. The van der Waals surface area contributed by atoms with Crippen LogP contribution in [0.2, 0.25) is 0 Å². The van der Waals surface area contributed by atoms with Gasteiger partial charge in [-0.2, -0.15) is 0 Å². The molecule has 0 aliphatic carbocycles. The lowest BCUT2D eigenvalue weighted by Gasteiger charge is -2.18. The lowest BCUT2D eigenvalue weighted by atomic mass is 10.0. The van der Waals surface area contributed by atoms with Crippen LogP contribution >= 0.6 is 0 Å². The Morgan fingerprint density at radius 1 is 1.05 bits per heavy atom. The van der Waals surface area contributed by atoms with Gasteiger partial charge in [0.15, 0.2) is 0 Å². The van der Waals surface area contributed by atoms with Gasteiger partial charge in [0.1, 0.15) is 0 Å². The second-order valence-electron chi connectivity index (χ2n) is 5.14. The van der Waals surface area contributed by atoms with Crippen molar-refractivity contribution in [3.63, 3.8) is 0 Å². The van der Waals surface area contributed by atoms with E-state index in [1.807, 2.05) is 12.3 Å². The molecule has 2 heteroatoms. The molecule has 0 aliphatic heterocycles. The molecule has 1 aromatic heterocycles. The van der Waals surface area contributed by atoms with Crippen LogP contribution in [0.1, 0.15) is 43.5 Å². The zero-order chi connectivity index (χ0) is 14.0. The van der Waals surface area contributed by atoms with Crippen molar-refractivity contribution in [2.45, 2.75) is 38.6 Å². The predicted octanol–water partition coefficient (Wildman–Crippen LogP) is 4.15. The van der Waals surface area contributed by atoms with Crippen molar-refractivity contribution in [1.29, 1.82) is 0 Å². The first-order chi connectivity index (χ1) is 9.90. The number of hydrogen-bond donors (Lipinski definition) is 1. The van der Waals surface area contributed by atoms with Gasteiger partial charge in [0, 0.05) is 12.2 Å². The molecule has 0 saturated carbocycles. The predicted molar refractivity (Wildman–Crippen MR) is 84.7 cm³/mol. The second-order valence-corrected chi connectivity index (χ2v) is 5.14. The van der Waals surface area contributed by atoms with E-state index in [2.05, 4.69) is 59.7 Å². The Labute approximate surface area is 122 Å². The van der Waals surface area contributed by atoms with Gasteiger partial charge in [0.25, 0.3) is 0 Å². The Balaban J connectivity index is 1.88. The molecule has 0 bridgehead atoms. The molecule has 1 atom stereocenters. The van der Waals surface area contributed by atoms with E-state index in [4.69, 9.17) is 0 Å². The van der Waals surface area contributed by atoms with Crippen LogP contribution < -0.4 is 5.32 Å². The van der Waals surface area contributed by atoms with E-state index >= 15 is 0 Å². The largest absolute Gasteiger partial charge is 0.309 e. The van der Waals surface area contributed by atoms with Crippen LogP contribution in [-0.2, 0) is 6.42 Å². The molecule has 0 spiro atoms. The van der Waals surface area contributed by atoms with E-state index in [-0.39, 0.29) is 0 Å². The highest BCUT2D eigenvalue weighted by Gasteiger charge is 2.11. The summed E-state index contributed by atoms with van der Waals surface area (Å²) in [6.45, 7) is 3.25. The quantitative estimate of drug-likeness (QED) is 0.778. The Hall–Kier alpha value is -1.67. The zero-order valence-electron chi connectivity index (χ0n) is 12.3. The highest BCUT2D eigenvalue weighted by atomic mass is 14.9. The van der Waals surface area contributed by atoms with Gasteiger partial charge < -0.3 is 5.32 Å². The SMILES string of the molecule is CCCNC(CCCc1ccccc1)c1ccccn1. The van der Waals surface area contributed by atoms with Crippen molar-refractivity contribution in [1.82, 2.24) is 10.3 Å². The average molecular weight is 268 g/mol. The maximum atomic E-state index is 4.50. The monoisotopic (exact) mass is 268 g/mol. The van der Waals surface area contributed by atoms with Gasteiger partial charge in [0.05, 0.1) is 5.69 Å². The second kappa shape index (κ2) is 8.49. The summed E-state index contributed by atoms with van der Waals surface area (Å²) in [5.74, 6) is 0. The molecular formula is C18H24N2. The van der Waals surface area contributed by atoms with Gasteiger partial charge >= 0.3 is 0 Å². The van der Waals surface area contributed by atoms with Gasteiger partial charge in [-0.25, -0.2) is 0 Å². The molecule has 20 heavy (non-hydrogen) atoms. The van der Waals surface area contributed by atoms with Crippen LogP contribution in [0.25, 0.3) is 0 Å². The van der Waals surface area contributed by atoms with Gasteiger partial charge in [-0.3, -0.25) is 4.98 Å². The van der Waals surface area contributed by atoms with Crippen LogP contribution in [0.5, 0.6) is 0 Å². The number of nitrogens with one attached hydrogen (secondary N) is 1. The van der Waals surface area contributed by atoms with Crippen molar-refractivity contribution in [2.24, 2.45) is 0 Å². The summed E-state index contributed by atoms with van der Waals surface area (Å²) < 4.78 is 0. The number of aromatic nitrogens is 1. The third-order valence-corrected chi connectivity index (χ3v) is 3.49. The normalized spacial score (nSPS) is 12.2. The van der Waals surface area contributed by atoms with E-state index in [1.54, 1.807) is 0 Å². The summed E-state index contributed by atoms with van der Waals surface area (Å²) in [4.78, 5) is 4.50. The zero-order valence-corrected chi connectivity index (χ0v) is 12.3. The number of hydrogen-bond acceptors (Lipinski definition) is 2. The molecule has 0 amide bonds. The standard InChI is InChI=1S/C18H24N2/c1-2-14-19-18(17-12-6-7-15-20-17)13-8-11-16-9-4-3-5-10-16/h3-7,9-10,12,15,18-19H,2,8,11,13-14H2,1H3. The number of benzene rings is 1. The molecule has 106 valence electrons. The van der Waals surface area contributed by atoms with Crippen LogP contribution in [0.3, 0.4) is 0 Å². The minimum Gasteiger partial charge on any atom is -0.309 e. The summed E-state index contributed by atoms with van der Waals surface area (Å²) >= 11 is 0. The van der Waals surface area contributed by atoms with Crippen molar-refractivity contribution in [2.75, 3.05) is 6.54 Å². The highest BCUT2D eigenvalue weighted by Crippen LogP contribution is 2.17. The van der Waals surface area contributed by atoms with Crippen molar-refractivity contribution < 1.29 is 0 Å². The highest BCUT2D eigenvalue weighted by molar-refractivity contribution is 5.15. The van der Waals surface area contributed by atoms with Gasteiger partial charge in [0.2, 0.25) is 0 Å². The van der Waals surface area contributed by atoms with Crippen molar-refractivity contribution in [3.8, 4) is 0 Å². The third-order valence-electron chi connectivity index (χ3n) is 3.49. The number of nitrogens with zero attached hydrogens (tertiary/aromatic N) is 1. The van der Waals surface area contributed by atoms with Crippen molar-refractivity contribution >= 4 is 0 Å². The van der Waals surface area contributed by atoms with Crippen LogP contribution in [0.15, 0.2) is 54.7 Å². The molecule has 1 heterocycles. The molecule has 0 saturated heterocycles. The summed E-state index contributed by atoms with van der Waals surface area (Å²) in [5.41, 5.74) is 2.58. The summed E-state index contributed by atoms with van der Waals surface area (Å²) in [5, 5.41) is 3.61. The molecule has 2 rings (SSSR count). The summed E-state index contributed by atoms with van der Waals surface area (Å²) in [6, 6.07) is 17.2. The minimum atomic E-state index is 0.375.